The molecule has 7 heteroatoms. The molecule has 5 nitrogen and oxygen atoms in total. The summed E-state index contributed by atoms with van der Waals surface area (Å²) < 4.78 is 11.4. The maximum absolute atomic E-state index is 12.6. The van der Waals surface area contributed by atoms with Crippen LogP contribution < -0.4 is 0 Å². The molecule has 146 valence electrons. The summed E-state index contributed by atoms with van der Waals surface area (Å²) in [5.74, 6) is 1.14. The molecule has 1 amide bonds. The molecule has 1 fully saturated rings. The lowest BCUT2D eigenvalue weighted by Gasteiger charge is -2.16. The van der Waals surface area contributed by atoms with Crippen molar-refractivity contribution in [3.63, 3.8) is 0 Å². The molecule has 0 atom stereocenters. The Morgan fingerprint density at radius 3 is 2.61 bits per heavy atom. The maximum Gasteiger partial charge on any atom is 0.338 e. The molecule has 1 aromatic carbocycles. The normalized spacial score (nSPS) is 15.7. The van der Waals surface area contributed by atoms with Crippen LogP contribution in [0.2, 0.25) is 0 Å². The molecule has 0 bridgehead atoms. The van der Waals surface area contributed by atoms with E-state index in [1.165, 1.54) is 11.8 Å². The quantitative estimate of drug-likeness (QED) is 0.377. The minimum atomic E-state index is -0.349. The second kappa shape index (κ2) is 8.75. The summed E-state index contributed by atoms with van der Waals surface area (Å²) in [7, 11) is 0. The van der Waals surface area contributed by atoms with Crippen LogP contribution in [0.25, 0.3) is 17.4 Å². The monoisotopic (exact) mass is 415 g/mol. The Morgan fingerprint density at radius 1 is 1.25 bits per heavy atom. The standard InChI is InChI=1S/C21H21NO4S2/c1-4-25-20(24)15-7-5-14(6-8-15)17-10-9-16(26-17)11-18-19(23)22(12-13(2)3)21(27)28-18/h5-11,13H,4,12H2,1-3H3. The summed E-state index contributed by atoms with van der Waals surface area (Å²) in [6.07, 6.45) is 1.72. The third kappa shape index (κ3) is 4.54. The van der Waals surface area contributed by atoms with Crippen LogP contribution in [-0.4, -0.2) is 34.2 Å². The van der Waals surface area contributed by atoms with Crippen molar-refractivity contribution in [2.75, 3.05) is 13.2 Å². The Kier molecular flexibility index (Phi) is 6.36. The second-order valence-electron chi connectivity index (χ2n) is 6.69. The van der Waals surface area contributed by atoms with Crippen LogP contribution in [-0.2, 0) is 9.53 Å². The lowest BCUT2D eigenvalue weighted by Crippen LogP contribution is -2.31. The number of nitrogens with zero attached hydrogens (tertiary/aromatic N) is 1. The smallest absolute Gasteiger partial charge is 0.338 e. The average molecular weight is 416 g/mol. The van der Waals surface area contributed by atoms with Crippen LogP contribution in [0.15, 0.2) is 45.7 Å². The van der Waals surface area contributed by atoms with E-state index in [0.29, 0.717) is 45.4 Å². The van der Waals surface area contributed by atoms with Crippen molar-refractivity contribution in [2.45, 2.75) is 20.8 Å². The van der Waals surface area contributed by atoms with E-state index in [4.69, 9.17) is 21.4 Å². The molecule has 0 unspecified atom stereocenters. The fraction of sp³-hybridized carbons (Fsp3) is 0.286. The van der Waals surface area contributed by atoms with Gasteiger partial charge in [0.05, 0.1) is 17.1 Å². The lowest BCUT2D eigenvalue weighted by molar-refractivity contribution is -0.122. The minimum absolute atomic E-state index is 0.0829. The molecule has 28 heavy (non-hydrogen) atoms. The van der Waals surface area contributed by atoms with E-state index in [0.717, 1.165) is 5.56 Å². The molecule has 0 radical (unpaired) electrons. The third-order valence-corrected chi connectivity index (χ3v) is 5.38. The van der Waals surface area contributed by atoms with E-state index < -0.39 is 0 Å². The number of amides is 1. The van der Waals surface area contributed by atoms with Gasteiger partial charge in [-0.2, -0.15) is 0 Å². The van der Waals surface area contributed by atoms with Gasteiger partial charge in [0.15, 0.2) is 0 Å². The second-order valence-corrected chi connectivity index (χ2v) is 8.36. The van der Waals surface area contributed by atoms with Crippen LogP contribution >= 0.6 is 24.0 Å². The third-order valence-electron chi connectivity index (χ3n) is 4.00. The largest absolute Gasteiger partial charge is 0.462 e. The van der Waals surface area contributed by atoms with E-state index in [1.807, 2.05) is 26.0 Å². The number of furan rings is 1. The molecule has 2 heterocycles. The Labute approximate surface area is 173 Å². The molecule has 0 N–H and O–H groups in total. The van der Waals surface area contributed by atoms with Gasteiger partial charge in [-0.3, -0.25) is 9.69 Å². The molecule has 0 aliphatic carbocycles. The van der Waals surface area contributed by atoms with E-state index in [-0.39, 0.29) is 11.9 Å². The summed E-state index contributed by atoms with van der Waals surface area (Å²) in [5, 5.41) is 0. The maximum atomic E-state index is 12.6. The van der Waals surface area contributed by atoms with Crippen molar-refractivity contribution in [3.8, 4) is 11.3 Å². The zero-order valence-corrected chi connectivity index (χ0v) is 17.6. The van der Waals surface area contributed by atoms with Crippen LogP contribution in [0.5, 0.6) is 0 Å². The molecule has 2 aromatic rings. The first kappa shape index (κ1) is 20.4. The average Bonchev–Trinajstić information content (AvgIpc) is 3.22. The zero-order chi connectivity index (χ0) is 20.3. The molecule has 3 rings (SSSR count). The van der Waals surface area contributed by atoms with Crippen molar-refractivity contribution >= 4 is 46.3 Å². The predicted molar refractivity (Wildman–Crippen MR) is 115 cm³/mol. The minimum Gasteiger partial charge on any atom is -0.462 e. The van der Waals surface area contributed by atoms with Crippen molar-refractivity contribution in [1.82, 2.24) is 4.90 Å². The van der Waals surface area contributed by atoms with Gasteiger partial charge in [0, 0.05) is 18.2 Å². The number of thiocarbonyl (C=S) groups is 1. The van der Waals surface area contributed by atoms with Gasteiger partial charge >= 0.3 is 5.97 Å². The fourth-order valence-corrected chi connectivity index (χ4v) is 3.98. The molecular formula is C21H21NO4S2. The number of esters is 1. The highest BCUT2D eigenvalue weighted by Gasteiger charge is 2.32. The number of ether oxygens (including phenoxy) is 1. The van der Waals surface area contributed by atoms with Gasteiger partial charge in [-0.15, -0.1) is 0 Å². The SMILES string of the molecule is CCOC(=O)c1ccc(-c2ccc(C=C3SC(=S)N(CC(C)C)C3=O)o2)cc1. The molecule has 0 spiro atoms. The molecule has 1 aliphatic rings. The number of benzene rings is 1. The Hall–Kier alpha value is -2.38. The van der Waals surface area contributed by atoms with Crippen LogP contribution in [0, 0.1) is 5.92 Å². The molecule has 1 aromatic heterocycles. The summed E-state index contributed by atoms with van der Waals surface area (Å²) in [6, 6.07) is 10.6. The molecule has 0 saturated carbocycles. The summed E-state index contributed by atoms with van der Waals surface area (Å²) in [5.41, 5.74) is 1.33. The van der Waals surface area contributed by atoms with Crippen LogP contribution in [0.4, 0.5) is 0 Å². The number of carbonyl (C=O) groups is 2. The van der Waals surface area contributed by atoms with Crippen molar-refractivity contribution < 1.29 is 18.7 Å². The highest BCUT2D eigenvalue weighted by Crippen LogP contribution is 2.34. The van der Waals surface area contributed by atoms with E-state index in [9.17, 15) is 9.59 Å². The van der Waals surface area contributed by atoms with Crippen molar-refractivity contribution in [3.05, 3.63) is 52.6 Å². The van der Waals surface area contributed by atoms with Crippen molar-refractivity contribution in [1.29, 1.82) is 0 Å². The van der Waals surface area contributed by atoms with Gasteiger partial charge in [0.1, 0.15) is 15.8 Å². The number of rotatable bonds is 6. The van der Waals surface area contributed by atoms with Gasteiger partial charge in [0.25, 0.3) is 5.91 Å². The molecular weight excluding hydrogens is 394 g/mol. The summed E-state index contributed by atoms with van der Waals surface area (Å²) in [4.78, 5) is 26.5. The molecule has 1 aliphatic heterocycles. The first-order chi connectivity index (χ1) is 13.4. The highest BCUT2D eigenvalue weighted by molar-refractivity contribution is 8.26. The Bertz CT molecular complexity index is 928. The topological polar surface area (TPSA) is 59.8 Å². The number of carbonyl (C=O) groups excluding carboxylic acids is 2. The van der Waals surface area contributed by atoms with Crippen LogP contribution in [0.3, 0.4) is 0 Å². The number of hydrogen-bond donors (Lipinski definition) is 0. The Morgan fingerprint density at radius 2 is 1.96 bits per heavy atom. The molecule has 1 saturated heterocycles. The number of hydrogen-bond acceptors (Lipinski definition) is 6. The lowest BCUT2D eigenvalue weighted by atomic mass is 10.1. The van der Waals surface area contributed by atoms with Crippen molar-refractivity contribution in [2.24, 2.45) is 5.92 Å². The van der Waals surface area contributed by atoms with Gasteiger partial charge in [-0.05, 0) is 37.1 Å². The predicted octanol–water partition coefficient (Wildman–Crippen LogP) is 4.98. The first-order valence-electron chi connectivity index (χ1n) is 9.01. The van der Waals surface area contributed by atoms with Gasteiger partial charge in [-0.1, -0.05) is 50.0 Å². The Balaban J connectivity index is 1.76. The zero-order valence-electron chi connectivity index (χ0n) is 15.9. The van der Waals surface area contributed by atoms with E-state index in [1.54, 1.807) is 42.2 Å². The highest BCUT2D eigenvalue weighted by atomic mass is 32.2. The van der Waals surface area contributed by atoms with Gasteiger partial charge < -0.3 is 9.15 Å². The number of thioether (sulfide) groups is 1. The fourth-order valence-electron chi connectivity index (χ4n) is 2.72. The first-order valence-corrected chi connectivity index (χ1v) is 10.2. The van der Waals surface area contributed by atoms with E-state index in [2.05, 4.69) is 0 Å². The van der Waals surface area contributed by atoms with Gasteiger partial charge in [-0.25, -0.2) is 4.79 Å². The summed E-state index contributed by atoms with van der Waals surface area (Å²) in [6.45, 7) is 6.82. The van der Waals surface area contributed by atoms with Gasteiger partial charge in [0.2, 0.25) is 0 Å². The summed E-state index contributed by atoms with van der Waals surface area (Å²) >= 11 is 6.61. The van der Waals surface area contributed by atoms with Crippen LogP contribution in [0.1, 0.15) is 36.9 Å². The van der Waals surface area contributed by atoms with E-state index >= 15 is 0 Å².